The lowest BCUT2D eigenvalue weighted by molar-refractivity contribution is 0.189. The first kappa shape index (κ1) is 7.41. The molecule has 0 aromatic heterocycles. The summed E-state index contributed by atoms with van der Waals surface area (Å²) in [6, 6.07) is 0. The van der Waals surface area contributed by atoms with Crippen molar-refractivity contribution in [2.75, 3.05) is 0 Å². The molecule has 0 N–H and O–H groups in total. The summed E-state index contributed by atoms with van der Waals surface area (Å²) in [4.78, 5) is 0. The Morgan fingerprint density at radius 3 is 2.33 bits per heavy atom. The Morgan fingerprint density at radius 1 is 0.667 bits per heavy atom. The van der Waals surface area contributed by atoms with Gasteiger partial charge in [0.15, 0.2) is 0 Å². The maximum absolute atomic E-state index is 1.62. The number of fused-ring (bicyclic) bond motifs is 1. The summed E-state index contributed by atoms with van der Waals surface area (Å²) in [7, 11) is 0. The Hall–Kier alpha value is 0. The highest BCUT2D eigenvalue weighted by atomic mass is 14.5. The Balaban J connectivity index is 1.85. The standard InChI is InChI=1S/C12H20/c1-2-9-4-5-11-7-6-10(3-1)12(11)8-9/h9-12H,1-8H2. The fraction of sp³-hybridized carbons (Fsp3) is 1.00. The molecule has 4 unspecified atom stereocenters. The molecule has 0 amide bonds. The van der Waals surface area contributed by atoms with E-state index in [1.807, 2.05) is 0 Å². The molecule has 3 aliphatic carbocycles. The SMILES string of the molecule is C1CC2CCC3CCC(C1)C3C2. The van der Waals surface area contributed by atoms with Gasteiger partial charge in [-0.15, -0.1) is 0 Å². The number of hydrogen-bond donors (Lipinski definition) is 0. The summed E-state index contributed by atoms with van der Waals surface area (Å²) in [5, 5.41) is 0. The first-order chi connectivity index (χ1) is 5.93. The van der Waals surface area contributed by atoms with Crippen molar-refractivity contribution < 1.29 is 0 Å². The van der Waals surface area contributed by atoms with Gasteiger partial charge in [-0.3, -0.25) is 0 Å². The molecule has 0 heterocycles. The molecule has 0 aromatic carbocycles. The Labute approximate surface area is 75.7 Å². The molecule has 3 rings (SSSR count). The summed E-state index contributed by atoms with van der Waals surface area (Å²) < 4.78 is 0. The van der Waals surface area contributed by atoms with Gasteiger partial charge in [0.25, 0.3) is 0 Å². The summed E-state index contributed by atoms with van der Waals surface area (Å²) in [5.41, 5.74) is 0. The summed E-state index contributed by atoms with van der Waals surface area (Å²) in [5.74, 6) is 4.67. The zero-order valence-corrected chi connectivity index (χ0v) is 7.97. The van der Waals surface area contributed by atoms with Crippen LogP contribution in [0.3, 0.4) is 0 Å². The molecule has 68 valence electrons. The smallest absolute Gasteiger partial charge is 0.0355 e. The zero-order valence-electron chi connectivity index (χ0n) is 7.97. The summed E-state index contributed by atoms with van der Waals surface area (Å²) >= 11 is 0. The van der Waals surface area contributed by atoms with E-state index in [9.17, 15) is 0 Å². The Morgan fingerprint density at radius 2 is 1.42 bits per heavy atom. The van der Waals surface area contributed by atoms with Gasteiger partial charge in [-0.1, -0.05) is 25.7 Å². The third-order valence-electron chi connectivity index (χ3n) is 4.86. The predicted molar refractivity (Wildman–Crippen MR) is 50.9 cm³/mol. The molecule has 4 atom stereocenters. The van der Waals surface area contributed by atoms with Crippen LogP contribution in [-0.2, 0) is 0 Å². The monoisotopic (exact) mass is 164 g/mol. The molecule has 12 heavy (non-hydrogen) atoms. The topological polar surface area (TPSA) is 0 Å². The van der Waals surface area contributed by atoms with Crippen molar-refractivity contribution in [2.45, 2.75) is 51.4 Å². The second-order valence-electron chi connectivity index (χ2n) is 5.37. The van der Waals surface area contributed by atoms with Crippen molar-refractivity contribution in [1.29, 1.82) is 0 Å². The van der Waals surface area contributed by atoms with Gasteiger partial charge in [0.2, 0.25) is 0 Å². The second-order valence-corrected chi connectivity index (χ2v) is 5.37. The van der Waals surface area contributed by atoms with E-state index in [0.29, 0.717) is 0 Å². The molecule has 0 spiro atoms. The van der Waals surface area contributed by atoms with E-state index in [4.69, 9.17) is 0 Å². The van der Waals surface area contributed by atoms with Gasteiger partial charge in [-0.05, 0) is 49.4 Å². The van der Waals surface area contributed by atoms with E-state index in [0.717, 1.165) is 5.92 Å². The van der Waals surface area contributed by atoms with E-state index >= 15 is 0 Å². The average molecular weight is 164 g/mol. The van der Waals surface area contributed by atoms with Crippen molar-refractivity contribution in [1.82, 2.24) is 0 Å². The molecule has 3 aliphatic rings. The van der Waals surface area contributed by atoms with Gasteiger partial charge >= 0.3 is 0 Å². The van der Waals surface area contributed by atoms with Crippen molar-refractivity contribution in [2.24, 2.45) is 23.7 Å². The molecule has 0 aliphatic heterocycles. The van der Waals surface area contributed by atoms with E-state index in [-0.39, 0.29) is 0 Å². The average Bonchev–Trinajstić information content (AvgIpc) is 2.44. The lowest BCUT2D eigenvalue weighted by atomic mass is 9.74. The van der Waals surface area contributed by atoms with Crippen LogP contribution in [0.25, 0.3) is 0 Å². The highest BCUT2D eigenvalue weighted by Gasteiger charge is 2.41. The zero-order chi connectivity index (χ0) is 7.97. The first-order valence-electron chi connectivity index (χ1n) is 5.93. The van der Waals surface area contributed by atoms with E-state index < -0.39 is 0 Å². The van der Waals surface area contributed by atoms with Crippen LogP contribution in [0.2, 0.25) is 0 Å². The van der Waals surface area contributed by atoms with Crippen LogP contribution in [0.1, 0.15) is 51.4 Å². The molecule has 0 aromatic rings. The van der Waals surface area contributed by atoms with Crippen LogP contribution in [-0.4, -0.2) is 0 Å². The lowest BCUT2D eigenvalue weighted by Gasteiger charge is -2.31. The number of hydrogen-bond acceptors (Lipinski definition) is 0. The molecule has 0 radical (unpaired) electrons. The van der Waals surface area contributed by atoms with Crippen LogP contribution < -0.4 is 0 Å². The maximum atomic E-state index is 1.62. The minimum absolute atomic E-state index is 1.15. The number of rotatable bonds is 0. The van der Waals surface area contributed by atoms with Gasteiger partial charge < -0.3 is 0 Å². The molecule has 0 saturated heterocycles. The van der Waals surface area contributed by atoms with E-state index in [1.54, 1.807) is 51.4 Å². The van der Waals surface area contributed by atoms with Crippen LogP contribution >= 0.6 is 0 Å². The predicted octanol–water partition coefficient (Wildman–Crippen LogP) is 3.61. The van der Waals surface area contributed by atoms with E-state index in [2.05, 4.69) is 0 Å². The van der Waals surface area contributed by atoms with Crippen LogP contribution in [0.4, 0.5) is 0 Å². The van der Waals surface area contributed by atoms with Gasteiger partial charge in [-0.25, -0.2) is 0 Å². The molecule has 3 fully saturated rings. The van der Waals surface area contributed by atoms with Crippen molar-refractivity contribution >= 4 is 0 Å². The second kappa shape index (κ2) is 2.75. The molecule has 0 nitrogen and oxygen atoms in total. The quantitative estimate of drug-likeness (QED) is 0.513. The van der Waals surface area contributed by atoms with Crippen molar-refractivity contribution in [3.8, 4) is 0 Å². The van der Waals surface area contributed by atoms with Gasteiger partial charge in [0, 0.05) is 0 Å². The van der Waals surface area contributed by atoms with E-state index in [1.165, 1.54) is 17.8 Å². The Bertz CT molecular complexity index is 173. The lowest BCUT2D eigenvalue weighted by Crippen LogP contribution is -2.22. The van der Waals surface area contributed by atoms with Crippen LogP contribution in [0, 0.1) is 23.7 Å². The van der Waals surface area contributed by atoms with Gasteiger partial charge in [0.05, 0.1) is 0 Å². The van der Waals surface area contributed by atoms with Gasteiger partial charge in [-0.2, -0.15) is 0 Å². The van der Waals surface area contributed by atoms with Crippen LogP contribution in [0.5, 0.6) is 0 Å². The van der Waals surface area contributed by atoms with Gasteiger partial charge in [0.1, 0.15) is 0 Å². The molecular formula is C12H20. The molecule has 0 heteroatoms. The highest BCUT2D eigenvalue weighted by Crippen LogP contribution is 2.52. The Kier molecular flexibility index (Phi) is 1.70. The highest BCUT2D eigenvalue weighted by molar-refractivity contribution is 4.92. The first-order valence-corrected chi connectivity index (χ1v) is 5.93. The third-order valence-corrected chi connectivity index (χ3v) is 4.86. The van der Waals surface area contributed by atoms with Crippen molar-refractivity contribution in [3.05, 3.63) is 0 Å². The summed E-state index contributed by atoms with van der Waals surface area (Å²) in [6.07, 6.45) is 12.7. The largest absolute Gasteiger partial charge is 0.0528 e. The normalized spacial score (nSPS) is 52.0. The molecular weight excluding hydrogens is 144 g/mol. The maximum Gasteiger partial charge on any atom is -0.0355 e. The van der Waals surface area contributed by atoms with Crippen LogP contribution in [0.15, 0.2) is 0 Å². The van der Waals surface area contributed by atoms with Crippen molar-refractivity contribution in [3.63, 3.8) is 0 Å². The fourth-order valence-corrected chi connectivity index (χ4v) is 4.23. The summed E-state index contributed by atoms with van der Waals surface area (Å²) in [6.45, 7) is 0. The molecule has 2 bridgehead atoms. The minimum atomic E-state index is 1.15. The molecule has 3 saturated carbocycles. The third kappa shape index (κ3) is 1.03. The fourth-order valence-electron chi connectivity index (χ4n) is 4.23. The minimum Gasteiger partial charge on any atom is -0.0528 e.